The van der Waals surface area contributed by atoms with Crippen LogP contribution in [0.2, 0.25) is 0 Å². The van der Waals surface area contributed by atoms with Crippen LogP contribution < -0.4 is 0 Å². The van der Waals surface area contributed by atoms with E-state index in [1.165, 1.54) is 70.6 Å². The number of unbranched alkanes of at least 4 members (excludes halogenated alkanes) is 12. The van der Waals surface area contributed by atoms with Crippen LogP contribution in [0.5, 0.6) is 0 Å². The van der Waals surface area contributed by atoms with Gasteiger partial charge in [0, 0.05) is 0 Å². The van der Waals surface area contributed by atoms with Crippen molar-refractivity contribution in [2.24, 2.45) is 0 Å². The van der Waals surface area contributed by atoms with Crippen LogP contribution in [0.1, 0.15) is 96.8 Å². The Bertz CT molecular complexity index is 216. The lowest BCUT2D eigenvalue weighted by atomic mass is 10.0. The number of aliphatic hydroxyl groups excluding tert-OH is 1. The molecule has 1 atom stereocenters. The summed E-state index contributed by atoms with van der Waals surface area (Å²) in [6.45, 7) is 2.25. The zero-order valence-corrected chi connectivity index (χ0v) is 13.3. The molecule has 0 rings (SSSR count). The molecule has 0 amide bonds. The van der Waals surface area contributed by atoms with Crippen molar-refractivity contribution >= 4 is 5.97 Å². The third-order valence-electron chi connectivity index (χ3n) is 3.87. The first-order valence-electron chi connectivity index (χ1n) is 8.59. The van der Waals surface area contributed by atoms with Crippen molar-refractivity contribution in [2.75, 3.05) is 0 Å². The van der Waals surface area contributed by atoms with Gasteiger partial charge in [-0.25, -0.2) is 4.79 Å². The summed E-state index contributed by atoms with van der Waals surface area (Å²) >= 11 is 0. The van der Waals surface area contributed by atoms with Gasteiger partial charge in [0.05, 0.1) is 0 Å². The van der Waals surface area contributed by atoms with E-state index < -0.39 is 12.1 Å². The quantitative estimate of drug-likeness (QED) is 0.420. The van der Waals surface area contributed by atoms with E-state index in [0.29, 0.717) is 6.42 Å². The zero-order valence-electron chi connectivity index (χ0n) is 13.3. The van der Waals surface area contributed by atoms with Crippen molar-refractivity contribution in [2.45, 2.75) is 103 Å². The Labute approximate surface area is 124 Å². The Morgan fingerprint density at radius 2 is 1.10 bits per heavy atom. The molecule has 3 nitrogen and oxygen atoms in total. The highest BCUT2D eigenvalue weighted by Gasteiger charge is 2.11. The lowest BCUT2D eigenvalue weighted by Gasteiger charge is -2.05. The molecule has 0 aromatic heterocycles. The Morgan fingerprint density at radius 3 is 1.45 bits per heavy atom. The minimum atomic E-state index is -1.16. The Hall–Kier alpha value is -0.570. The molecule has 0 aliphatic rings. The highest BCUT2D eigenvalue weighted by atomic mass is 16.4. The van der Waals surface area contributed by atoms with E-state index in [1.807, 2.05) is 0 Å². The smallest absolute Gasteiger partial charge is 0.332 e. The summed E-state index contributed by atoms with van der Waals surface area (Å²) in [5.41, 5.74) is 0. The van der Waals surface area contributed by atoms with Gasteiger partial charge in [0.1, 0.15) is 0 Å². The minimum Gasteiger partial charge on any atom is -0.479 e. The molecule has 20 heavy (non-hydrogen) atoms. The predicted molar refractivity (Wildman–Crippen MR) is 84.0 cm³/mol. The van der Waals surface area contributed by atoms with Crippen molar-refractivity contribution in [3.05, 3.63) is 0 Å². The van der Waals surface area contributed by atoms with Crippen LogP contribution in [0.3, 0.4) is 0 Å². The van der Waals surface area contributed by atoms with Crippen molar-refractivity contribution in [1.29, 1.82) is 0 Å². The van der Waals surface area contributed by atoms with E-state index in [2.05, 4.69) is 6.92 Å². The van der Waals surface area contributed by atoms with Gasteiger partial charge < -0.3 is 10.2 Å². The van der Waals surface area contributed by atoms with E-state index in [0.717, 1.165) is 12.8 Å². The molecule has 0 bridgehead atoms. The van der Waals surface area contributed by atoms with Crippen molar-refractivity contribution < 1.29 is 15.0 Å². The first-order valence-corrected chi connectivity index (χ1v) is 8.59. The fourth-order valence-electron chi connectivity index (χ4n) is 2.48. The van der Waals surface area contributed by atoms with Gasteiger partial charge in [-0.1, -0.05) is 90.4 Å². The fraction of sp³-hybridized carbons (Fsp3) is 0.941. The zero-order chi connectivity index (χ0) is 15.1. The second kappa shape index (κ2) is 14.8. The number of carboxylic acids is 1. The maximum absolute atomic E-state index is 10.4. The largest absolute Gasteiger partial charge is 0.479 e. The monoisotopic (exact) mass is 286 g/mol. The molecule has 0 aromatic rings. The molecule has 0 heterocycles. The van der Waals surface area contributed by atoms with Crippen molar-refractivity contribution in [1.82, 2.24) is 0 Å². The minimum absolute atomic E-state index is 0.396. The molecule has 1 unspecified atom stereocenters. The van der Waals surface area contributed by atoms with E-state index in [4.69, 9.17) is 10.2 Å². The number of aliphatic hydroxyl groups is 1. The van der Waals surface area contributed by atoms with Gasteiger partial charge in [-0.15, -0.1) is 0 Å². The molecule has 0 saturated carbocycles. The Kier molecular flexibility index (Phi) is 14.4. The van der Waals surface area contributed by atoms with E-state index in [1.54, 1.807) is 0 Å². The summed E-state index contributed by atoms with van der Waals surface area (Å²) in [5, 5.41) is 17.6. The van der Waals surface area contributed by atoms with Crippen molar-refractivity contribution in [3.63, 3.8) is 0 Å². The molecule has 0 saturated heterocycles. The summed E-state index contributed by atoms with van der Waals surface area (Å²) in [5.74, 6) is -1.09. The number of aliphatic carboxylic acids is 1. The van der Waals surface area contributed by atoms with Gasteiger partial charge in [0.25, 0.3) is 0 Å². The molecule has 0 radical (unpaired) electrons. The summed E-state index contributed by atoms with van der Waals surface area (Å²) in [4.78, 5) is 10.4. The number of hydrogen-bond acceptors (Lipinski definition) is 2. The molecule has 0 spiro atoms. The summed E-state index contributed by atoms with van der Waals surface area (Å²) in [6.07, 6.45) is 15.8. The fourth-order valence-corrected chi connectivity index (χ4v) is 2.48. The first kappa shape index (κ1) is 19.4. The maximum atomic E-state index is 10.4. The molecule has 3 heteroatoms. The Balaban J connectivity index is 3.04. The second-order valence-corrected chi connectivity index (χ2v) is 5.89. The number of carbonyl (C=O) groups is 1. The van der Waals surface area contributed by atoms with Crippen molar-refractivity contribution in [3.8, 4) is 0 Å². The van der Waals surface area contributed by atoms with E-state index in [-0.39, 0.29) is 0 Å². The third kappa shape index (κ3) is 13.9. The SMILES string of the molecule is CCCCCCCCCCCCCCCC(O)C(=O)O. The summed E-state index contributed by atoms with van der Waals surface area (Å²) < 4.78 is 0. The Morgan fingerprint density at radius 1 is 0.750 bits per heavy atom. The number of hydrogen-bond donors (Lipinski definition) is 2. The maximum Gasteiger partial charge on any atom is 0.332 e. The molecular formula is C17H34O3. The van der Waals surface area contributed by atoms with Crippen LogP contribution in [-0.2, 0) is 4.79 Å². The van der Waals surface area contributed by atoms with Crippen LogP contribution in [0.15, 0.2) is 0 Å². The lowest BCUT2D eigenvalue weighted by molar-refractivity contribution is -0.146. The normalized spacial score (nSPS) is 12.5. The third-order valence-corrected chi connectivity index (χ3v) is 3.87. The first-order chi connectivity index (χ1) is 9.68. The second-order valence-electron chi connectivity index (χ2n) is 5.89. The highest BCUT2D eigenvalue weighted by Crippen LogP contribution is 2.13. The lowest BCUT2D eigenvalue weighted by Crippen LogP contribution is -2.18. The van der Waals surface area contributed by atoms with Gasteiger partial charge in [-0.3, -0.25) is 0 Å². The average molecular weight is 286 g/mol. The van der Waals surface area contributed by atoms with Crippen LogP contribution in [0.25, 0.3) is 0 Å². The average Bonchev–Trinajstić information content (AvgIpc) is 2.43. The number of rotatable bonds is 15. The number of carboxylic acid groups (broad SMARTS) is 1. The highest BCUT2D eigenvalue weighted by molar-refractivity contribution is 5.71. The van der Waals surface area contributed by atoms with Crippen LogP contribution in [0.4, 0.5) is 0 Å². The standard InChI is InChI=1S/C17H34O3/c1-2-3-4-5-6-7-8-9-10-11-12-13-14-15-16(18)17(19)20/h16,18H,2-15H2,1H3,(H,19,20). The van der Waals surface area contributed by atoms with E-state index >= 15 is 0 Å². The van der Waals surface area contributed by atoms with Gasteiger partial charge in [-0.2, -0.15) is 0 Å². The topological polar surface area (TPSA) is 57.5 Å². The molecule has 0 fully saturated rings. The summed E-state index contributed by atoms with van der Waals surface area (Å²) in [7, 11) is 0. The van der Waals surface area contributed by atoms with Crippen LogP contribution >= 0.6 is 0 Å². The molecular weight excluding hydrogens is 252 g/mol. The molecule has 0 aromatic carbocycles. The van der Waals surface area contributed by atoms with E-state index in [9.17, 15) is 4.79 Å². The summed E-state index contributed by atoms with van der Waals surface area (Å²) in [6, 6.07) is 0. The van der Waals surface area contributed by atoms with Gasteiger partial charge in [0.15, 0.2) is 6.10 Å². The van der Waals surface area contributed by atoms with Gasteiger partial charge >= 0.3 is 5.97 Å². The van der Waals surface area contributed by atoms with Crippen LogP contribution in [-0.4, -0.2) is 22.3 Å². The van der Waals surface area contributed by atoms with Crippen LogP contribution in [0, 0.1) is 0 Å². The van der Waals surface area contributed by atoms with Gasteiger partial charge in [-0.05, 0) is 6.42 Å². The molecule has 2 N–H and O–H groups in total. The molecule has 0 aliphatic heterocycles. The molecule has 120 valence electrons. The van der Waals surface area contributed by atoms with Gasteiger partial charge in [0.2, 0.25) is 0 Å². The predicted octanol–water partition coefficient (Wildman–Crippen LogP) is 4.91. The molecule has 0 aliphatic carbocycles.